The third-order valence-electron chi connectivity index (χ3n) is 3.73. The number of para-hydroxylation sites is 1. The largest absolute Gasteiger partial charge is 0.378 e. The molecule has 2 rings (SSSR count). The molecule has 0 saturated carbocycles. The molecule has 0 unspecified atom stereocenters. The molecule has 0 spiro atoms. The molecule has 0 bridgehead atoms. The zero-order chi connectivity index (χ0) is 15.1. The van der Waals surface area contributed by atoms with E-state index in [4.69, 9.17) is 0 Å². The van der Waals surface area contributed by atoms with Crippen molar-refractivity contribution < 1.29 is 0 Å². The van der Waals surface area contributed by atoms with Gasteiger partial charge in [0.25, 0.3) is 0 Å². The first-order valence-corrected chi connectivity index (χ1v) is 7.82. The fraction of sp³-hybridized carbons (Fsp3) is 0.368. The highest BCUT2D eigenvalue weighted by Gasteiger charge is 2.08. The molecular formula is C19H26N2. The summed E-state index contributed by atoms with van der Waals surface area (Å²) < 4.78 is 0. The van der Waals surface area contributed by atoms with Gasteiger partial charge in [0, 0.05) is 37.7 Å². The van der Waals surface area contributed by atoms with Gasteiger partial charge in [-0.1, -0.05) is 38.0 Å². The van der Waals surface area contributed by atoms with Crippen LogP contribution in [0.3, 0.4) is 0 Å². The van der Waals surface area contributed by atoms with Crippen molar-refractivity contribution in [2.45, 2.75) is 26.2 Å². The molecule has 2 heteroatoms. The van der Waals surface area contributed by atoms with Crippen molar-refractivity contribution in [2.24, 2.45) is 0 Å². The molecule has 0 N–H and O–H groups in total. The highest BCUT2D eigenvalue weighted by Crippen LogP contribution is 2.27. The summed E-state index contributed by atoms with van der Waals surface area (Å²) in [5.74, 6) is 0. The van der Waals surface area contributed by atoms with E-state index in [9.17, 15) is 0 Å². The average Bonchev–Trinajstić information content (AvgIpc) is 2.53. The molecule has 0 fully saturated rings. The Morgan fingerprint density at radius 1 is 0.714 bits per heavy atom. The number of benzene rings is 2. The Kier molecular flexibility index (Phi) is 5.68. The van der Waals surface area contributed by atoms with Crippen LogP contribution in [0.15, 0.2) is 54.6 Å². The Morgan fingerprint density at radius 3 is 1.86 bits per heavy atom. The molecule has 2 aromatic rings. The summed E-state index contributed by atoms with van der Waals surface area (Å²) in [6.07, 6.45) is 3.75. The second-order valence-electron chi connectivity index (χ2n) is 5.61. The third-order valence-corrected chi connectivity index (χ3v) is 3.73. The molecule has 0 amide bonds. The highest BCUT2D eigenvalue weighted by molar-refractivity contribution is 5.65. The lowest BCUT2D eigenvalue weighted by atomic mass is 10.2. The van der Waals surface area contributed by atoms with Crippen LogP contribution in [0.25, 0.3) is 0 Å². The maximum Gasteiger partial charge on any atom is 0.0412 e. The molecule has 0 radical (unpaired) electrons. The van der Waals surface area contributed by atoms with Crippen LogP contribution in [0.5, 0.6) is 0 Å². The number of hydrogen-bond acceptors (Lipinski definition) is 2. The summed E-state index contributed by atoms with van der Waals surface area (Å²) >= 11 is 0. The standard InChI is InChI=1S/C19H26N2/c1-4-5-9-16-21(18-10-7-6-8-11-18)19-14-12-17(13-15-19)20(2)3/h6-8,10-15H,4-5,9,16H2,1-3H3. The smallest absolute Gasteiger partial charge is 0.0412 e. The van der Waals surface area contributed by atoms with Gasteiger partial charge in [0.15, 0.2) is 0 Å². The SMILES string of the molecule is CCCCCN(c1ccccc1)c1ccc(N(C)C)cc1. The fourth-order valence-electron chi connectivity index (χ4n) is 2.47. The molecule has 0 aromatic heterocycles. The van der Waals surface area contributed by atoms with Gasteiger partial charge in [-0.2, -0.15) is 0 Å². The van der Waals surface area contributed by atoms with Gasteiger partial charge in [-0.05, 0) is 42.8 Å². The minimum atomic E-state index is 1.07. The van der Waals surface area contributed by atoms with Crippen LogP contribution in [0.1, 0.15) is 26.2 Å². The first-order chi connectivity index (χ1) is 10.2. The van der Waals surface area contributed by atoms with E-state index < -0.39 is 0 Å². The number of anilines is 3. The van der Waals surface area contributed by atoms with Gasteiger partial charge in [-0.3, -0.25) is 0 Å². The lowest BCUT2D eigenvalue weighted by Gasteiger charge is -2.26. The quantitative estimate of drug-likeness (QED) is 0.653. The molecular weight excluding hydrogens is 256 g/mol. The van der Waals surface area contributed by atoms with Crippen molar-refractivity contribution in [3.63, 3.8) is 0 Å². The monoisotopic (exact) mass is 282 g/mol. The summed E-state index contributed by atoms with van der Waals surface area (Å²) in [5.41, 5.74) is 3.77. The van der Waals surface area contributed by atoms with Crippen LogP contribution in [-0.2, 0) is 0 Å². The van der Waals surface area contributed by atoms with Gasteiger partial charge in [0.2, 0.25) is 0 Å². The first-order valence-electron chi connectivity index (χ1n) is 7.82. The van der Waals surface area contributed by atoms with Gasteiger partial charge in [-0.25, -0.2) is 0 Å². The van der Waals surface area contributed by atoms with E-state index in [-0.39, 0.29) is 0 Å². The normalized spacial score (nSPS) is 10.4. The van der Waals surface area contributed by atoms with E-state index in [0.717, 1.165) is 6.54 Å². The topological polar surface area (TPSA) is 6.48 Å². The molecule has 2 nitrogen and oxygen atoms in total. The van der Waals surface area contributed by atoms with Gasteiger partial charge in [0.1, 0.15) is 0 Å². The van der Waals surface area contributed by atoms with Crippen LogP contribution >= 0.6 is 0 Å². The van der Waals surface area contributed by atoms with Gasteiger partial charge < -0.3 is 9.80 Å². The van der Waals surface area contributed by atoms with Crippen molar-refractivity contribution in [1.82, 2.24) is 0 Å². The van der Waals surface area contributed by atoms with E-state index in [2.05, 4.69) is 85.4 Å². The molecule has 0 atom stereocenters. The lowest BCUT2D eigenvalue weighted by molar-refractivity contribution is 0.716. The number of unbranched alkanes of at least 4 members (excludes halogenated alkanes) is 2. The predicted octanol–water partition coefficient (Wildman–Crippen LogP) is 5.08. The summed E-state index contributed by atoms with van der Waals surface area (Å²) in [5, 5.41) is 0. The summed E-state index contributed by atoms with van der Waals surface area (Å²) in [6.45, 7) is 3.32. The van der Waals surface area contributed by atoms with Gasteiger partial charge in [-0.15, -0.1) is 0 Å². The Morgan fingerprint density at radius 2 is 1.29 bits per heavy atom. The second kappa shape index (κ2) is 7.72. The summed E-state index contributed by atoms with van der Waals surface area (Å²) in [7, 11) is 4.15. The van der Waals surface area contributed by atoms with E-state index in [1.54, 1.807) is 0 Å². The zero-order valence-corrected chi connectivity index (χ0v) is 13.4. The summed E-state index contributed by atoms with van der Waals surface area (Å²) in [6, 6.07) is 19.5. The number of nitrogens with zero attached hydrogens (tertiary/aromatic N) is 2. The van der Waals surface area contributed by atoms with Crippen molar-refractivity contribution in [1.29, 1.82) is 0 Å². The molecule has 112 valence electrons. The van der Waals surface area contributed by atoms with Crippen molar-refractivity contribution in [2.75, 3.05) is 30.4 Å². The van der Waals surface area contributed by atoms with Gasteiger partial charge >= 0.3 is 0 Å². The predicted molar refractivity (Wildman–Crippen MR) is 93.7 cm³/mol. The van der Waals surface area contributed by atoms with Crippen LogP contribution in [0, 0.1) is 0 Å². The molecule has 0 saturated heterocycles. The molecule has 21 heavy (non-hydrogen) atoms. The number of hydrogen-bond donors (Lipinski definition) is 0. The van der Waals surface area contributed by atoms with E-state index in [0.29, 0.717) is 0 Å². The minimum Gasteiger partial charge on any atom is -0.378 e. The Hall–Kier alpha value is -1.96. The minimum absolute atomic E-state index is 1.07. The maximum absolute atomic E-state index is 2.41. The second-order valence-corrected chi connectivity index (χ2v) is 5.61. The zero-order valence-electron chi connectivity index (χ0n) is 13.4. The van der Waals surface area contributed by atoms with Crippen LogP contribution in [-0.4, -0.2) is 20.6 Å². The van der Waals surface area contributed by atoms with Crippen LogP contribution < -0.4 is 9.80 Å². The molecule has 0 heterocycles. The average molecular weight is 282 g/mol. The molecule has 2 aromatic carbocycles. The maximum atomic E-state index is 2.41. The van der Waals surface area contributed by atoms with Gasteiger partial charge in [0.05, 0.1) is 0 Å². The lowest BCUT2D eigenvalue weighted by Crippen LogP contribution is -2.18. The van der Waals surface area contributed by atoms with Crippen LogP contribution in [0.2, 0.25) is 0 Å². The Bertz CT molecular complexity index is 517. The fourth-order valence-corrected chi connectivity index (χ4v) is 2.47. The molecule has 0 aliphatic heterocycles. The van der Waals surface area contributed by atoms with E-state index in [1.165, 1.54) is 36.3 Å². The van der Waals surface area contributed by atoms with E-state index >= 15 is 0 Å². The Balaban J connectivity index is 2.22. The summed E-state index contributed by atoms with van der Waals surface area (Å²) in [4.78, 5) is 4.54. The molecule has 0 aliphatic rings. The van der Waals surface area contributed by atoms with Crippen molar-refractivity contribution in [3.8, 4) is 0 Å². The highest BCUT2D eigenvalue weighted by atomic mass is 15.1. The van der Waals surface area contributed by atoms with Crippen molar-refractivity contribution >= 4 is 17.1 Å². The van der Waals surface area contributed by atoms with Crippen LogP contribution in [0.4, 0.5) is 17.1 Å². The Labute approximate surface area is 129 Å². The molecule has 0 aliphatic carbocycles. The van der Waals surface area contributed by atoms with Crippen molar-refractivity contribution in [3.05, 3.63) is 54.6 Å². The number of rotatable bonds is 7. The van der Waals surface area contributed by atoms with E-state index in [1.807, 2.05) is 0 Å². The third kappa shape index (κ3) is 4.25. The first kappa shape index (κ1) is 15.4.